The van der Waals surface area contributed by atoms with Crippen LogP contribution in [-0.4, -0.2) is 229 Å². The summed E-state index contributed by atoms with van der Waals surface area (Å²) in [5.41, 5.74) is 12.7. The van der Waals surface area contributed by atoms with E-state index in [1.165, 1.54) is 42.5 Å². The number of benzene rings is 6. The molecular weight excluding hydrogens is 1680 g/mol. The van der Waals surface area contributed by atoms with Crippen molar-refractivity contribution in [3.63, 3.8) is 0 Å². The molecule has 6 aromatic carbocycles. The number of imidazole rings is 4. The third-order valence-electron chi connectivity index (χ3n) is 25.7. The van der Waals surface area contributed by atoms with Crippen molar-refractivity contribution in [1.29, 1.82) is 0 Å². The van der Waals surface area contributed by atoms with E-state index >= 15 is 0 Å². The molecule has 4 aromatic heterocycles. The topological polar surface area (TPSA) is 433 Å². The van der Waals surface area contributed by atoms with Crippen LogP contribution in [0.4, 0.5) is 24.0 Å². The molecule has 14 atom stereocenters. The number of aromatic nitrogens is 8. The van der Waals surface area contributed by atoms with Crippen molar-refractivity contribution in [3.8, 4) is 56.3 Å². The van der Waals surface area contributed by atoms with Crippen LogP contribution in [0.25, 0.3) is 88.4 Å². The number of ether oxygens (including phenoxy) is 9. The Bertz CT molecular complexity index is 5950. The van der Waals surface area contributed by atoms with Crippen LogP contribution in [0.15, 0.2) is 97.3 Å². The lowest BCUT2D eigenvalue weighted by Gasteiger charge is -2.32. The first-order valence-electron chi connectivity index (χ1n) is 44.7. The van der Waals surface area contributed by atoms with Gasteiger partial charge >= 0.3 is 36.4 Å². The Balaban J connectivity index is 0.000000186. The number of carboxylic acid groups (broad SMARTS) is 1. The SMILES string of the molecule is CCC(OC)[C@H](NC(=O)OC)C(=O)N1C[C@@H](C)CC1c1ncc(-c2ccc3c(c2)COc2cc4c(ccc5[nH]c([C@@H]6CC[C@H](C)N6C(=O)[C@@H](NC(=O)OC)C(C)C)nc54)cc2-3)[nH]1.COC(=O)N[C@H](C(=O)N1[C@@H](C)CC[C@H]1c1nc2c(ccc3cc4c(cc32)OCc2cc(-c3cnc(C5C[C@H](C)CN5C(=O)OC(C)(C)C)[nH]3)ccc2-4)[nH]1)C(C)C.COC(=O)N[C@H](C(=O)O)[C@@H](C)OC. The molecule has 10 heterocycles. The maximum absolute atomic E-state index is 14.0. The number of carbonyl (C=O) groups excluding carboxylic acids is 8. The van der Waals surface area contributed by atoms with Gasteiger partial charge in [0.1, 0.15) is 71.7 Å². The van der Waals surface area contributed by atoms with Crippen LogP contribution in [-0.2, 0) is 65.5 Å². The summed E-state index contributed by atoms with van der Waals surface area (Å²) in [4.78, 5) is 154. The van der Waals surface area contributed by atoms with Gasteiger partial charge < -0.3 is 104 Å². The number of nitrogens with zero attached hydrogens (tertiary/aromatic N) is 8. The lowest BCUT2D eigenvalue weighted by atomic mass is 9.92. The highest BCUT2D eigenvalue weighted by Crippen LogP contribution is 2.48. The maximum Gasteiger partial charge on any atom is 0.410 e. The fourth-order valence-electron chi connectivity index (χ4n) is 18.8. The Labute approximate surface area is 759 Å². The van der Waals surface area contributed by atoms with Crippen molar-refractivity contribution >= 4 is 97.8 Å². The van der Waals surface area contributed by atoms with Gasteiger partial charge in [-0.1, -0.05) is 84.9 Å². The molecule has 3 unspecified atom stereocenters. The summed E-state index contributed by atoms with van der Waals surface area (Å²) in [6.45, 7) is 27.0. The van der Waals surface area contributed by atoms with Crippen LogP contribution in [0.5, 0.6) is 11.5 Å². The molecular formula is C96H120N16O19. The number of carboxylic acids is 1. The molecule has 0 spiro atoms. The summed E-state index contributed by atoms with van der Waals surface area (Å²) in [5.74, 6) is 3.01. The van der Waals surface area contributed by atoms with E-state index in [-0.39, 0.29) is 77.8 Å². The van der Waals surface area contributed by atoms with Crippen LogP contribution >= 0.6 is 0 Å². The summed E-state index contributed by atoms with van der Waals surface area (Å²) in [5, 5.41) is 22.9. The van der Waals surface area contributed by atoms with Crippen LogP contribution < -0.4 is 30.7 Å². The molecule has 6 aliphatic heterocycles. The largest absolute Gasteiger partial charge is 0.488 e. The first kappa shape index (κ1) is 94.1. The summed E-state index contributed by atoms with van der Waals surface area (Å²) >= 11 is 0. The van der Waals surface area contributed by atoms with Crippen LogP contribution in [0.3, 0.4) is 0 Å². The van der Waals surface area contributed by atoms with Gasteiger partial charge in [-0.05, 0) is 203 Å². The molecule has 0 aliphatic carbocycles. The molecule has 35 nitrogen and oxygen atoms in total. The second kappa shape index (κ2) is 39.3. The first-order chi connectivity index (χ1) is 62.5. The monoisotopic (exact) mass is 1800 g/mol. The predicted molar refractivity (Wildman–Crippen MR) is 488 cm³/mol. The Hall–Kier alpha value is -13.1. The van der Waals surface area contributed by atoms with Crippen molar-refractivity contribution in [1.82, 2.24) is 80.7 Å². The number of carbonyl (C=O) groups is 9. The highest BCUT2D eigenvalue weighted by atomic mass is 16.6. The van der Waals surface area contributed by atoms with E-state index in [1.54, 1.807) is 16.0 Å². The van der Waals surface area contributed by atoms with E-state index in [2.05, 4.69) is 133 Å². The molecule has 4 saturated heterocycles. The highest BCUT2D eigenvalue weighted by Gasteiger charge is 2.46. The number of alkyl carbamates (subject to hydrolysis) is 4. The Morgan fingerprint density at radius 1 is 0.489 bits per heavy atom. The van der Waals surface area contributed by atoms with Gasteiger partial charge in [-0.3, -0.25) is 19.3 Å². The van der Waals surface area contributed by atoms with Gasteiger partial charge in [-0.2, -0.15) is 0 Å². The van der Waals surface area contributed by atoms with E-state index in [1.807, 2.05) is 97.4 Å². The minimum absolute atomic E-state index is 0.0138. The molecule has 0 radical (unpaired) electrons. The van der Waals surface area contributed by atoms with E-state index in [0.29, 0.717) is 50.3 Å². The molecule has 16 rings (SSSR count). The normalized spacial score (nSPS) is 20.4. The van der Waals surface area contributed by atoms with Crippen LogP contribution in [0.2, 0.25) is 0 Å². The van der Waals surface area contributed by atoms with Gasteiger partial charge in [0.05, 0.1) is 111 Å². The number of hydrogen-bond acceptors (Lipinski definition) is 22. The van der Waals surface area contributed by atoms with Gasteiger partial charge in [0.15, 0.2) is 6.04 Å². The molecule has 8 amide bonds. The van der Waals surface area contributed by atoms with Crippen LogP contribution in [0, 0.1) is 23.7 Å². The summed E-state index contributed by atoms with van der Waals surface area (Å²) in [6.07, 6.45) is 4.64. The molecule has 10 aromatic rings. The smallest absolute Gasteiger partial charge is 0.410 e. The third-order valence-corrected chi connectivity index (χ3v) is 25.7. The van der Waals surface area contributed by atoms with Crippen molar-refractivity contribution in [3.05, 3.63) is 132 Å². The minimum atomic E-state index is -1.17. The number of aromatic amines is 4. The Morgan fingerprint density at radius 2 is 0.908 bits per heavy atom. The second-order valence-corrected chi connectivity index (χ2v) is 36.6. The number of aliphatic carboxylic acids is 1. The standard InChI is InChI=1S/C46H56N8O8.C43H51N7O6.C7H13NO5/c1-9-36(59-6)40(52-46(58)61-8)43(55)53-21-24(4)16-35(53)41-47-20-33(49-41)27-11-13-29-28(17-27)22-62-37-19-30-26(18-31(29)37)12-14-32-39(30)50-42(48-32)34-15-10-25(5)54(34)44(56)38(23(2)3)51-45(57)60-7;1-22(2)36(48-41(52)54-8)40(51)50-24(4)9-14-33(50)39-45-31-13-11-25-17-30-28-12-10-26(16-27(28)21-55-35(30)18-29(25)37(31)47-39)32-19-44-38(46-32)34-15-23(3)20-49(34)42(53)56-43(5,6)7;1-4(12-2)5(6(9)10)8-7(11)13-3/h11-14,17-20,23-25,34-36,38,40H,9-10,15-16,21-22H2,1-8H3,(H,47,49)(H,48,50)(H,51,57)(H,52,58);10-13,16-19,22-24,33-34,36H,9,14-15,20-21H2,1-8H3,(H,44,46)(H,45,47)(H,48,52);4-5H,1-3H3,(H,8,11)(H,9,10)/t24-,25-,34-,35?,36?,38-,40-;23-,24-,33-,34?,36-;4-,5+/m001/s1. The van der Waals surface area contributed by atoms with Gasteiger partial charge in [0.2, 0.25) is 17.7 Å². The number of nitrogens with one attached hydrogen (secondary N) is 8. The zero-order valence-corrected chi connectivity index (χ0v) is 77.6. The van der Waals surface area contributed by atoms with Gasteiger partial charge in [-0.25, -0.2) is 48.7 Å². The lowest BCUT2D eigenvalue weighted by Crippen LogP contribution is -2.54. The number of fused-ring (bicyclic) bond motifs is 12. The van der Waals surface area contributed by atoms with Gasteiger partial charge in [0, 0.05) is 61.3 Å². The van der Waals surface area contributed by atoms with Crippen molar-refractivity contribution in [2.45, 2.75) is 226 Å². The third kappa shape index (κ3) is 19.7. The quantitative estimate of drug-likeness (QED) is 0.0302. The van der Waals surface area contributed by atoms with E-state index in [4.69, 9.17) is 62.9 Å². The lowest BCUT2D eigenvalue weighted by molar-refractivity contribution is -0.143. The number of hydrogen-bond donors (Lipinski definition) is 9. The van der Waals surface area contributed by atoms with Crippen molar-refractivity contribution < 1.29 is 90.9 Å². The van der Waals surface area contributed by atoms with Gasteiger partial charge in [0.25, 0.3) is 0 Å². The fourth-order valence-corrected chi connectivity index (χ4v) is 18.8. The molecule has 698 valence electrons. The predicted octanol–water partition coefficient (Wildman–Crippen LogP) is 15.4. The average Bonchev–Trinajstić information content (AvgIpc) is 1.64. The zero-order chi connectivity index (χ0) is 94.0. The van der Waals surface area contributed by atoms with E-state index in [9.17, 15) is 43.2 Å². The summed E-state index contributed by atoms with van der Waals surface area (Å²) < 4.78 is 47.7. The van der Waals surface area contributed by atoms with Crippen molar-refractivity contribution in [2.75, 3.05) is 55.7 Å². The number of amides is 8. The number of likely N-dealkylation sites (tertiary alicyclic amines) is 4. The molecule has 0 bridgehead atoms. The zero-order valence-electron chi connectivity index (χ0n) is 77.6. The second-order valence-electron chi connectivity index (χ2n) is 36.6. The average molecular weight is 1800 g/mol. The fraction of sp³-hybridized carbons (Fsp3) is 0.490. The van der Waals surface area contributed by atoms with Gasteiger partial charge in [-0.15, -0.1) is 0 Å². The molecule has 131 heavy (non-hydrogen) atoms. The van der Waals surface area contributed by atoms with Crippen LogP contribution in [0.1, 0.15) is 194 Å². The summed E-state index contributed by atoms with van der Waals surface area (Å²) in [7, 11) is 7.91. The molecule has 6 aliphatic rings. The Kier molecular flexibility index (Phi) is 28.2. The highest BCUT2D eigenvalue weighted by molar-refractivity contribution is 6.08. The summed E-state index contributed by atoms with van der Waals surface area (Å²) in [6, 6.07) is 24.8. The number of rotatable bonds is 21. The van der Waals surface area contributed by atoms with E-state index < -0.39 is 72.3 Å². The number of H-pyrrole nitrogens is 4. The maximum atomic E-state index is 14.0. The first-order valence-corrected chi connectivity index (χ1v) is 44.7. The van der Waals surface area contributed by atoms with E-state index in [0.717, 1.165) is 168 Å². The molecule has 0 saturated carbocycles. The Morgan fingerprint density at radius 3 is 1.31 bits per heavy atom. The minimum Gasteiger partial charge on any atom is -0.488 e. The number of methoxy groups -OCH3 is 6. The van der Waals surface area contributed by atoms with Crippen molar-refractivity contribution in [2.24, 2.45) is 23.7 Å². The molecule has 9 N–H and O–H groups in total. The molecule has 35 heteroatoms. The molecule has 4 fully saturated rings.